The number of hydrogen-bond donors (Lipinski definition) is 1. The molecule has 52 valence electrons. The smallest absolute Gasteiger partial charge is 0.257 e. The van der Waals surface area contributed by atoms with Crippen LogP contribution in [-0.4, -0.2) is 12.4 Å². The minimum atomic E-state index is -0.189. The van der Waals surface area contributed by atoms with Crippen LogP contribution in [0.4, 0.5) is 0 Å². The Morgan fingerprint density at radius 3 is 3.30 bits per heavy atom. The first-order chi connectivity index (χ1) is 4.88. The predicted molar refractivity (Wildman–Crippen MR) is 37.6 cm³/mol. The van der Waals surface area contributed by atoms with Crippen LogP contribution < -0.4 is 5.17 Å². The first-order valence-electron chi connectivity index (χ1n) is 3.22. The van der Waals surface area contributed by atoms with Crippen LogP contribution in [0.15, 0.2) is 21.5 Å². The van der Waals surface area contributed by atoms with Gasteiger partial charge < -0.3 is 5.21 Å². The summed E-state index contributed by atoms with van der Waals surface area (Å²) < 4.78 is 0. The first kappa shape index (κ1) is 5.76. The van der Waals surface area contributed by atoms with Gasteiger partial charge in [-0.1, -0.05) is 5.10 Å². The third-order valence-corrected chi connectivity index (χ3v) is 1.61. The molecule has 0 aromatic heterocycles. The highest BCUT2D eigenvalue weighted by molar-refractivity contribution is 5.82. The molecule has 0 radical (unpaired) electrons. The summed E-state index contributed by atoms with van der Waals surface area (Å²) in [7, 11) is 0. The van der Waals surface area contributed by atoms with Gasteiger partial charge in [-0.05, 0) is 12.8 Å². The molecule has 4 heteroatoms. The molecule has 2 heterocycles. The van der Waals surface area contributed by atoms with Crippen molar-refractivity contribution in [1.29, 1.82) is 0 Å². The van der Waals surface area contributed by atoms with E-state index in [9.17, 15) is 5.21 Å². The monoisotopic (exact) mass is 137 g/mol. The van der Waals surface area contributed by atoms with Crippen molar-refractivity contribution in [1.82, 2.24) is 0 Å². The number of hydroxylamine groups is 1. The Morgan fingerprint density at radius 2 is 2.50 bits per heavy atom. The number of aliphatic imine (C=N–C) groups is 1. The van der Waals surface area contributed by atoms with E-state index in [1.807, 2.05) is 0 Å². The van der Waals surface area contributed by atoms with Crippen LogP contribution in [0.1, 0.15) is 12.8 Å². The lowest BCUT2D eigenvalue weighted by Crippen LogP contribution is -2.99. The van der Waals surface area contributed by atoms with E-state index in [0.29, 0.717) is 5.82 Å². The maximum Gasteiger partial charge on any atom is 0.257 e. The zero-order valence-electron chi connectivity index (χ0n) is 5.37. The third kappa shape index (κ3) is 0.698. The molecule has 4 nitrogen and oxygen atoms in total. The largest absolute Gasteiger partial charge is 0.600 e. The van der Waals surface area contributed by atoms with Crippen molar-refractivity contribution < 1.29 is 5.17 Å². The Morgan fingerprint density at radius 1 is 1.60 bits per heavy atom. The van der Waals surface area contributed by atoms with Gasteiger partial charge in [0.25, 0.3) is 5.82 Å². The normalized spacial score (nSPS) is 29.5. The Labute approximate surface area is 58.1 Å². The van der Waals surface area contributed by atoms with Gasteiger partial charge in [0.05, 0.1) is 11.8 Å². The molecule has 0 aromatic rings. The molecule has 0 saturated carbocycles. The van der Waals surface area contributed by atoms with E-state index in [-0.39, 0.29) is 5.17 Å². The predicted octanol–water partition coefficient (Wildman–Crippen LogP) is -0.555. The molecule has 0 aromatic carbocycles. The second-order valence-electron chi connectivity index (χ2n) is 2.29. The molecule has 0 amide bonds. The molecule has 0 aliphatic carbocycles. The van der Waals surface area contributed by atoms with Gasteiger partial charge >= 0.3 is 0 Å². The number of nitrogens with one attached hydrogen (secondary N) is 1. The second kappa shape index (κ2) is 2.00. The fourth-order valence-corrected chi connectivity index (χ4v) is 1.09. The minimum Gasteiger partial charge on any atom is -0.600 e. The van der Waals surface area contributed by atoms with Gasteiger partial charge in [-0.2, -0.15) is 5.17 Å². The van der Waals surface area contributed by atoms with Crippen LogP contribution in [0.3, 0.4) is 0 Å². The lowest BCUT2D eigenvalue weighted by Gasteiger charge is -2.11. The number of rotatable bonds is 0. The molecule has 2 aliphatic heterocycles. The summed E-state index contributed by atoms with van der Waals surface area (Å²) in [6.07, 6.45) is 5.23. The summed E-state index contributed by atoms with van der Waals surface area (Å²) in [6, 6.07) is 0. The standard InChI is InChI=1S/C6H7N3O/c10-9-6-5(4-8-9)2-1-3-7-6/h3-4,9H,1-2H2. The summed E-state index contributed by atoms with van der Waals surface area (Å²) in [5.74, 6) is 0.547. The van der Waals surface area contributed by atoms with Crippen LogP contribution in [0.25, 0.3) is 0 Å². The van der Waals surface area contributed by atoms with Gasteiger partial charge in [0.1, 0.15) is 0 Å². The Hall–Kier alpha value is -1.00. The van der Waals surface area contributed by atoms with Crippen LogP contribution in [0.5, 0.6) is 0 Å². The summed E-state index contributed by atoms with van der Waals surface area (Å²) >= 11 is 0. The van der Waals surface area contributed by atoms with Crippen molar-refractivity contribution >= 4 is 12.4 Å². The highest BCUT2D eigenvalue weighted by atomic mass is 16.5. The SMILES string of the molecule is [O-][NH+]1N=CC2=C1N=CCC2. The van der Waals surface area contributed by atoms with E-state index in [1.165, 1.54) is 0 Å². The zero-order chi connectivity index (χ0) is 6.97. The molecule has 1 N–H and O–H groups in total. The molecule has 0 bridgehead atoms. The van der Waals surface area contributed by atoms with Crippen LogP contribution in [-0.2, 0) is 0 Å². The summed E-state index contributed by atoms with van der Waals surface area (Å²) in [4.78, 5) is 3.95. The van der Waals surface area contributed by atoms with E-state index in [1.54, 1.807) is 12.4 Å². The van der Waals surface area contributed by atoms with Crippen molar-refractivity contribution in [3.05, 3.63) is 16.6 Å². The van der Waals surface area contributed by atoms with E-state index in [4.69, 9.17) is 0 Å². The minimum absolute atomic E-state index is 0.189. The van der Waals surface area contributed by atoms with Crippen LogP contribution in [0.2, 0.25) is 0 Å². The molecule has 0 saturated heterocycles. The summed E-state index contributed by atoms with van der Waals surface area (Å²) in [5.41, 5.74) is 0.993. The lowest BCUT2D eigenvalue weighted by molar-refractivity contribution is -0.811. The maximum absolute atomic E-state index is 10.8. The zero-order valence-corrected chi connectivity index (χ0v) is 5.37. The highest BCUT2D eigenvalue weighted by Crippen LogP contribution is 2.12. The molecule has 0 spiro atoms. The second-order valence-corrected chi connectivity index (χ2v) is 2.29. The van der Waals surface area contributed by atoms with Crippen LogP contribution in [0, 0.1) is 5.21 Å². The Balaban J connectivity index is 2.36. The molecule has 0 fully saturated rings. The number of nitrogens with zero attached hydrogens (tertiary/aromatic N) is 2. The molecule has 1 unspecified atom stereocenters. The number of quaternary nitrogens is 1. The third-order valence-electron chi connectivity index (χ3n) is 1.61. The van der Waals surface area contributed by atoms with Crippen molar-refractivity contribution in [3.8, 4) is 0 Å². The summed E-state index contributed by atoms with van der Waals surface area (Å²) in [5, 5.41) is 14.3. The lowest BCUT2D eigenvalue weighted by atomic mass is 10.1. The fourth-order valence-electron chi connectivity index (χ4n) is 1.09. The maximum atomic E-state index is 10.8. The average Bonchev–Trinajstić information content (AvgIpc) is 2.34. The number of hydrogen-bond acceptors (Lipinski definition) is 3. The molecule has 2 aliphatic rings. The average molecular weight is 137 g/mol. The van der Waals surface area contributed by atoms with Crippen molar-refractivity contribution in [2.75, 3.05) is 0 Å². The number of allylic oxidation sites excluding steroid dienone is 1. The van der Waals surface area contributed by atoms with Gasteiger partial charge in [-0.3, -0.25) is 0 Å². The quantitative estimate of drug-likeness (QED) is 0.447. The molecule has 10 heavy (non-hydrogen) atoms. The fraction of sp³-hybridized carbons (Fsp3) is 0.333. The van der Waals surface area contributed by atoms with Crippen molar-refractivity contribution in [3.63, 3.8) is 0 Å². The van der Waals surface area contributed by atoms with Gasteiger partial charge in [0.15, 0.2) is 0 Å². The van der Waals surface area contributed by atoms with E-state index < -0.39 is 0 Å². The molecule has 2 rings (SSSR count). The highest BCUT2D eigenvalue weighted by Gasteiger charge is 2.19. The van der Waals surface area contributed by atoms with E-state index in [2.05, 4.69) is 10.1 Å². The van der Waals surface area contributed by atoms with Gasteiger partial charge in [-0.15, -0.1) is 0 Å². The van der Waals surface area contributed by atoms with Crippen LogP contribution >= 0.6 is 0 Å². The van der Waals surface area contributed by atoms with Gasteiger partial charge in [0.2, 0.25) is 0 Å². The van der Waals surface area contributed by atoms with Gasteiger partial charge in [-0.25, -0.2) is 4.99 Å². The van der Waals surface area contributed by atoms with E-state index in [0.717, 1.165) is 18.4 Å². The molecule has 1 atom stereocenters. The Bertz CT molecular complexity index is 231. The van der Waals surface area contributed by atoms with Crippen molar-refractivity contribution in [2.45, 2.75) is 12.8 Å². The van der Waals surface area contributed by atoms with Gasteiger partial charge in [0, 0.05) is 6.21 Å². The van der Waals surface area contributed by atoms with Crippen molar-refractivity contribution in [2.24, 2.45) is 10.1 Å². The molecular formula is C6H7N3O. The summed E-state index contributed by atoms with van der Waals surface area (Å²) in [6.45, 7) is 0. The molecular weight excluding hydrogens is 130 g/mol. The topological polar surface area (TPSA) is 52.2 Å². The Kier molecular flexibility index (Phi) is 1.15. The van der Waals surface area contributed by atoms with E-state index >= 15 is 0 Å². The first-order valence-corrected chi connectivity index (χ1v) is 3.22.